The molecule has 1 fully saturated rings. The molecule has 3 heterocycles. The van der Waals surface area contributed by atoms with E-state index >= 15 is 0 Å². The van der Waals surface area contributed by atoms with E-state index in [4.69, 9.17) is 17.0 Å². The molecule has 1 N–H and O–H groups in total. The summed E-state index contributed by atoms with van der Waals surface area (Å²) < 4.78 is 9.46. The largest absolute Gasteiger partial charge is 0.376 e. The zero-order chi connectivity index (χ0) is 12.5. The average molecular weight is 328 g/mol. The van der Waals surface area contributed by atoms with Crippen LogP contribution in [0, 0.1) is 4.77 Å². The van der Waals surface area contributed by atoms with Crippen molar-refractivity contribution in [1.82, 2.24) is 14.5 Å². The Bertz CT molecular complexity index is 615. The SMILES string of the molecule is S=c1[nH]c2cc(Br)cnc2n1CC1CCCCO1. The maximum absolute atomic E-state index is 5.76. The number of hydrogen-bond acceptors (Lipinski definition) is 3. The molecule has 0 spiro atoms. The van der Waals surface area contributed by atoms with E-state index in [2.05, 4.69) is 25.9 Å². The third kappa shape index (κ3) is 2.37. The van der Waals surface area contributed by atoms with Crippen LogP contribution in [0.25, 0.3) is 11.2 Å². The van der Waals surface area contributed by atoms with Crippen molar-refractivity contribution in [1.29, 1.82) is 0 Å². The number of nitrogens with one attached hydrogen (secondary N) is 1. The maximum atomic E-state index is 5.76. The summed E-state index contributed by atoms with van der Waals surface area (Å²) in [6.07, 6.45) is 5.56. The lowest BCUT2D eigenvalue weighted by Gasteiger charge is -2.22. The number of fused-ring (bicyclic) bond motifs is 1. The second-order valence-electron chi connectivity index (χ2n) is 4.55. The van der Waals surface area contributed by atoms with Crippen LogP contribution < -0.4 is 0 Å². The highest BCUT2D eigenvalue weighted by Gasteiger charge is 2.16. The molecule has 2 aromatic heterocycles. The average Bonchev–Trinajstić information content (AvgIpc) is 2.66. The topological polar surface area (TPSA) is 42.8 Å². The minimum absolute atomic E-state index is 0.259. The predicted molar refractivity (Wildman–Crippen MR) is 76.2 cm³/mol. The molecule has 4 nitrogen and oxygen atoms in total. The van der Waals surface area contributed by atoms with Gasteiger partial charge in [0.15, 0.2) is 10.4 Å². The van der Waals surface area contributed by atoms with Crippen molar-refractivity contribution in [3.63, 3.8) is 0 Å². The van der Waals surface area contributed by atoms with Crippen LogP contribution >= 0.6 is 28.1 Å². The molecule has 0 bridgehead atoms. The van der Waals surface area contributed by atoms with E-state index in [9.17, 15) is 0 Å². The van der Waals surface area contributed by atoms with Crippen molar-refractivity contribution in [2.75, 3.05) is 6.61 Å². The maximum Gasteiger partial charge on any atom is 0.179 e. The van der Waals surface area contributed by atoms with Crippen molar-refractivity contribution in [3.8, 4) is 0 Å². The molecule has 1 aliphatic heterocycles. The number of nitrogens with zero attached hydrogens (tertiary/aromatic N) is 2. The molecular formula is C12H14BrN3OS. The lowest BCUT2D eigenvalue weighted by atomic mass is 10.1. The zero-order valence-corrected chi connectivity index (χ0v) is 12.3. The monoisotopic (exact) mass is 327 g/mol. The second-order valence-corrected chi connectivity index (χ2v) is 5.86. The Hall–Kier alpha value is -0.720. The minimum Gasteiger partial charge on any atom is -0.376 e. The number of rotatable bonds is 2. The smallest absolute Gasteiger partial charge is 0.179 e. The molecule has 1 aliphatic rings. The number of pyridine rings is 1. The molecule has 18 heavy (non-hydrogen) atoms. The van der Waals surface area contributed by atoms with Crippen LogP contribution in [0.3, 0.4) is 0 Å². The third-order valence-electron chi connectivity index (χ3n) is 3.24. The van der Waals surface area contributed by atoms with Gasteiger partial charge in [-0.1, -0.05) is 0 Å². The summed E-state index contributed by atoms with van der Waals surface area (Å²) in [5, 5.41) is 0. The first-order valence-corrected chi connectivity index (χ1v) is 7.30. The van der Waals surface area contributed by atoms with E-state index in [-0.39, 0.29) is 6.10 Å². The third-order valence-corrected chi connectivity index (χ3v) is 3.99. The summed E-state index contributed by atoms with van der Waals surface area (Å²) in [6.45, 7) is 1.65. The van der Waals surface area contributed by atoms with Crippen molar-refractivity contribution in [3.05, 3.63) is 21.5 Å². The fourth-order valence-corrected chi connectivity index (χ4v) is 2.94. The van der Waals surface area contributed by atoms with Crippen molar-refractivity contribution >= 4 is 39.3 Å². The fraction of sp³-hybridized carbons (Fsp3) is 0.500. The second kappa shape index (κ2) is 5.11. The van der Waals surface area contributed by atoms with Gasteiger partial charge >= 0.3 is 0 Å². The first-order valence-electron chi connectivity index (χ1n) is 6.10. The Morgan fingerprint density at radius 2 is 2.44 bits per heavy atom. The van der Waals surface area contributed by atoms with Crippen LogP contribution in [-0.2, 0) is 11.3 Å². The van der Waals surface area contributed by atoms with Gasteiger partial charge in [0.25, 0.3) is 0 Å². The quantitative estimate of drug-likeness (QED) is 0.859. The van der Waals surface area contributed by atoms with Gasteiger partial charge in [0, 0.05) is 17.3 Å². The van der Waals surface area contributed by atoms with Crippen LogP contribution in [0.15, 0.2) is 16.7 Å². The van der Waals surface area contributed by atoms with Gasteiger partial charge in [-0.05, 0) is 53.5 Å². The first-order chi connectivity index (χ1) is 8.74. The molecule has 1 unspecified atom stereocenters. The lowest BCUT2D eigenvalue weighted by molar-refractivity contribution is 0.00633. The van der Waals surface area contributed by atoms with E-state index in [1.165, 1.54) is 12.8 Å². The molecular weight excluding hydrogens is 314 g/mol. The van der Waals surface area contributed by atoms with E-state index in [0.717, 1.165) is 35.2 Å². The molecule has 1 atom stereocenters. The van der Waals surface area contributed by atoms with Crippen LogP contribution in [0.2, 0.25) is 0 Å². The summed E-state index contributed by atoms with van der Waals surface area (Å²) in [5.74, 6) is 0. The Balaban J connectivity index is 1.95. The highest BCUT2D eigenvalue weighted by Crippen LogP contribution is 2.20. The van der Waals surface area contributed by atoms with E-state index in [0.29, 0.717) is 4.77 Å². The number of hydrogen-bond donors (Lipinski definition) is 1. The van der Waals surface area contributed by atoms with Crippen LogP contribution in [0.5, 0.6) is 0 Å². The van der Waals surface area contributed by atoms with Gasteiger partial charge in [0.05, 0.1) is 18.2 Å². The van der Waals surface area contributed by atoms with E-state index in [1.807, 2.05) is 10.6 Å². The highest BCUT2D eigenvalue weighted by atomic mass is 79.9. The van der Waals surface area contributed by atoms with Gasteiger partial charge in [-0.15, -0.1) is 0 Å². The molecule has 96 valence electrons. The number of H-pyrrole nitrogens is 1. The summed E-state index contributed by atoms with van der Waals surface area (Å²) in [7, 11) is 0. The number of imidazole rings is 1. The Morgan fingerprint density at radius 3 is 3.22 bits per heavy atom. The summed E-state index contributed by atoms with van der Waals surface area (Å²) in [6, 6.07) is 2.00. The summed E-state index contributed by atoms with van der Waals surface area (Å²) >= 11 is 8.78. The van der Waals surface area contributed by atoms with E-state index in [1.54, 1.807) is 6.20 Å². The normalized spacial score (nSPS) is 20.4. The standard InChI is InChI=1S/C12H14BrN3OS/c13-8-5-10-11(14-6-8)16(12(18)15-10)7-9-3-1-2-4-17-9/h5-6,9H,1-4,7H2,(H,15,18). The minimum atomic E-state index is 0.259. The fourth-order valence-electron chi connectivity index (χ4n) is 2.34. The Kier molecular flexibility index (Phi) is 3.50. The predicted octanol–water partition coefficient (Wildman–Crippen LogP) is 3.43. The van der Waals surface area contributed by atoms with Crippen molar-refractivity contribution in [2.45, 2.75) is 31.9 Å². The number of aromatic nitrogens is 3. The molecule has 6 heteroatoms. The number of ether oxygens (including phenoxy) is 1. The van der Waals surface area contributed by atoms with Gasteiger partial charge in [-0.25, -0.2) is 4.98 Å². The Morgan fingerprint density at radius 1 is 1.56 bits per heavy atom. The van der Waals surface area contributed by atoms with Crippen LogP contribution in [0.4, 0.5) is 0 Å². The lowest BCUT2D eigenvalue weighted by Crippen LogP contribution is -2.24. The molecule has 0 saturated carbocycles. The van der Waals surface area contributed by atoms with E-state index < -0.39 is 0 Å². The summed E-state index contributed by atoms with van der Waals surface area (Å²) in [5.41, 5.74) is 1.86. The van der Waals surface area contributed by atoms with Gasteiger partial charge in [-0.2, -0.15) is 0 Å². The molecule has 2 aromatic rings. The summed E-state index contributed by atoms with van der Waals surface area (Å²) in [4.78, 5) is 7.62. The number of aromatic amines is 1. The van der Waals surface area contributed by atoms with Crippen molar-refractivity contribution in [2.24, 2.45) is 0 Å². The van der Waals surface area contributed by atoms with Crippen molar-refractivity contribution < 1.29 is 4.74 Å². The molecule has 1 saturated heterocycles. The van der Waals surface area contributed by atoms with Gasteiger partial charge in [0.1, 0.15) is 0 Å². The zero-order valence-electron chi connectivity index (χ0n) is 9.86. The molecule has 0 aliphatic carbocycles. The number of halogens is 1. The first kappa shape index (κ1) is 12.3. The van der Waals surface area contributed by atoms with Crippen LogP contribution in [-0.4, -0.2) is 27.2 Å². The molecule has 0 radical (unpaired) electrons. The molecule has 3 rings (SSSR count). The highest BCUT2D eigenvalue weighted by molar-refractivity contribution is 9.10. The van der Waals surface area contributed by atoms with Crippen LogP contribution in [0.1, 0.15) is 19.3 Å². The molecule has 0 aromatic carbocycles. The van der Waals surface area contributed by atoms with Gasteiger partial charge in [-0.3, -0.25) is 4.57 Å². The molecule has 0 amide bonds. The van der Waals surface area contributed by atoms with Gasteiger partial charge in [0.2, 0.25) is 0 Å². The van der Waals surface area contributed by atoms with Gasteiger partial charge < -0.3 is 9.72 Å². The Labute approximate surface area is 118 Å².